The Morgan fingerprint density at radius 3 is 2.19 bits per heavy atom. The quantitative estimate of drug-likeness (QED) is 0.273. The average molecular weight is 521 g/mol. The summed E-state index contributed by atoms with van der Waals surface area (Å²) in [5.41, 5.74) is 2.27. The maximum absolute atomic E-state index is 12.8. The van der Waals surface area contributed by atoms with Crippen LogP contribution >= 0.6 is 11.8 Å². The van der Waals surface area contributed by atoms with Crippen molar-refractivity contribution in [1.82, 2.24) is 14.8 Å². The van der Waals surface area contributed by atoms with Crippen molar-refractivity contribution >= 4 is 23.4 Å². The summed E-state index contributed by atoms with van der Waals surface area (Å²) in [6, 6.07) is 20.5. The fourth-order valence-electron chi connectivity index (χ4n) is 3.60. The van der Waals surface area contributed by atoms with Gasteiger partial charge in [0.15, 0.2) is 11.0 Å². The Labute approximate surface area is 219 Å². The Kier molecular flexibility index (Phi) is 8.52. The van der Waals surface area contributed by atoms with Crippen LogP contribution in [0.3, 0.4) is 0 Å². The highest BCUT2D eigenvalue weighted by atomic mass is 32.2. The van der Waals surface area contributed by atoms with Gasteiger partial charge >= 0.3 is 0 Å². The molecule has 4 rings (SSSR count). The summed E-state index contributed by atoms with van der Waals surface area (Å²) in [5, 5.41) is 12.3. The smallest absolute Gasteiger partial charge is 0.234 e. The minimum absolute atomic E-state index is 0.118. The van der Waals surface area contributed by atoms with Gasteiger partial charge in [-0.15, -0.1) is 10.2 Å². The highest BCUT2D eigenvalue weighted by Gasteiger charge is 2.18. The molecule has 0 radical (unpaired) electrons. The Balaban J connectivity index is 1.59. The molecular formula is C27H28N4O5S. The van der Waals surface area contributed by atoms with Crippen molar-refractivity contribution in [2.24, 2.45) is 0 Å². The van der Waals surface area contributed by atoms with E-state index in [1.807, 2.05) is 60.0 Å². The van der Waals surface area contributed by atoms with Crippen molar-refractivity contribution in [1.29, 1.82) is 0 Å². The zero-order chi connectivity index (χ0) is 26.2. The molecule has 3 aromatic carbocycles. The monoisotopic (exact) mass is 520 g/mol. The van der Waals surface area contributed by atoms with Crippen molar-refractivity contribution in [2.45, 2.75) is 12.1 Å². The average Bonchev–Trinajstić information content (AvgIpc) is 3.36. The lowest BCUT2D eigenvalue weighted by Crippen LogP contribution is -2.15. The molecule has 0 unspecified atom stereocenters. The van der Waals surface area contributed by atoms with Gasteiger partial charge in [-0.1, -0.05) is 11.8 Å². The van der Waals surface area contributed by atoms with Crippen LogP contribution in [0.4, 0.5) is 5.69 Å². The third-order valence-electron chi connectivity index (χ3n) is 5.40. The molecule has 0 spiro atoms. The molecule has 9 nitrogen and oxygen atoms in total. The van der Waals surface area contributed by atoms with Gasteiger partial charge in [0, 0.05) is 17.3 Å². The van der Waals surface area contributed by atoms with E-state index in [4.69, 9.17) is 18.9 Å². The lowest BCUT2D eigenvalue weighted by Gasteiger charge is -2.13. The van der Waals surface area contributed by atoms with E-state index in [-0.39, 0.29) is 11.7 Å². The summed E-state index contributed by atoms with van der Waals surface area (Å²) >= 11 is 1.28. The van der Waals surface area contributed by atoms with Crippen LogP contribution in [0.2, 0.25) is 0 Å². The molecule has 0 atom stereocenters. The summed E-state index contributed by atoms with van der Waals surface area (Å²) in [6.07, 6.45) is 0. The number of rotatable bonds is 11. The molecule has 37 heavy (non-hydrogen) atoms. The Morgan fingerprint density at radius 2 is 1.54 bits per heavy atom. The molecule has 10 heteroatoms. The number of ether oxygens (including phenoxy) is 4. The summed E-state index contributed by atoms with van der Waals surface area (Å²) in [5.74, 6) is 3.22. The molecule has 0 saturated heterocycles. The van der Waals surface area contributed by atoms with Crippen LogP contribution in [0.15, 0.2) is 71.9 Å². The van der Waals surface area contributed by atoms with Crippen molar-refractivity contribution < 1.29 is 23.7 Å². The molecule has 1 aromatic heterocycles. The third-order valence-corrected chi connectivity index (χ3v) is 6.33. The van der Waals surface area contributed by atoms with E-state index in [2.05, 4.69) is 15.5 Å². The summed E-state index contributed by atoms with van der Waals surface area (Å²) in [6.45, 7) is 2.52. The van der Waals surface area contributed by atoms with E-state index < -0.39 is 0 Å². The van der Waals surface area contributed by atoms with Crippen LogP contribution < -0.4 is 24.3 Å². The zero-order valence-electron chi connectivity index (χ0n) is 21.1. The fourth-order valence-corrected chi connectivity index (χ4v) is 4.35. The number of benzene rings is 3. The van der Waals surface area contributed by atoms with Crippen LogP contribution in [0.25, 0.3) is 17.1 Å². The van der Waals surface area contributed by atoms with Gasteiger partial charge in [0.05, 0.1) is 39.4 Å². The Morgan fingerprint density at radius 1 is 0.865 bits per heavy atom. The second-order valence-corrected chi connectivity index (χ2v) is 8.64. The Bertz CT molecular complexity index is 1340. The lowest BCUT2D eigenvalue weighted by molar-refractivity contribution is -0.113. The van der Waals surface area contributed by atoms with Gasteiger partial charge in [-0.25, -0.2) is 0 Å². The van der Waals surface area contributed by atoms with E-state index in [1.165, 1.54) is 11.8 Å². The number of carbonyl (C=O) groups excluding carboxylic acids is 1. The van der Waals surface area contributed by atoms with Gasteiger partial charge in [0.25, 0.3) is 0 Å². The van der Waals surface area contributed by atoms with Gasteiger partial charge in [-0.2, -0.15) is 0 Å². The molecule has 4 aromatic rings. The maximum atomic E-state index is 12.8. The largest absolute Gasteiger partial charge is 0.497 e. The van der Waals surface area contributed by atoms with Crippen LogP contribution in [0, 0.1) is 0 Å². The molecule has 0 saturated carbocycles. The predicted molar refractivity (Wildman–Crippen MR) is 143 cm³/mol. The van der Waals surface area contributed by atoms with Gasteiger partial charge in [-0.3, -0.25) is 9.36 Å². The standard InChI is InChI=1S/C27H28N4O5S/c1-5-36-21-12-8-19(9-13-21)31-26(18-6-10-20(33-2)11-7-18)29-30-27(31)37-17-25(32)28-23-15-14-22(34-3)16-24(23)35-4/h6-16H,5,17H2,1-4H3,(H,28,32). The van der Waals surface area contributed by atoms with E-state index in [9.17, 15) is 4.79 Å². The third kappa shape index (κ3) is 6.15. The molecule has 1 amide bonds. The summed E-state index contributed by atoms with van der Waals surface area (Å²) in [4.78, 5) is 12.8. The highest BCUT2D eigenvalue weighted by Crippen LogP contribution is 2.31. The maximum Gasteiger partial charge on any atom is 0.234 e. The van der Waals surface area contributed by atoms with Gasteiger partial charge in [-0.05, 0) is 67.6 Å². The zero-order valence-corrected chi connectivity index (χ0v) is 21.9. The van der Waals surface area contributed by atoms with E-state index in [0.717, 1.165) is 22.7 Å². The predicted octanol–water partition coefficient (Wildman–Crippen LogP) is 5.09. The number of anilines is 1. The SMILES string of the molecule is CCOc1ccc(-n2c(SCC(=O)Nc3ccc(OC)cc3OC)nnc2-c2ccc(OC)cc2)cc1. The molecule has 0 fully saturated rings. The number of methoxy groups -OCH3 is 3. The first-order valence-electron chi connectivity index (χ1n) is 11.5. The number of nitrogens with zero attached hydrogens (tertiary/aromatic N) is 3. The number of amides is 1. The van der Waals surface area contributed by atoms with Crippen LogP contribution in [-0.2, 0) is 4.79 Å². The normalized spacial score (nSPS) is 10.6. The minimum atomic E-state index is -0.208. The van der Waals surface area contributed by atoms with E-state index in [1.54, 1.807) is 39.5 Å². The van der Waals surface area contributed by atoms with Crippen molar-refractivity contribution in [3.05, 3.63) is 66.7 Å². The molecule has 0 aliphatic rings. The Hall–Kier alpha value is -4.18. The number of carbonyl (C=O) groups is 1. The molecule has 0 aliphatic heterocycles. The first kappa shape index (κ1) is 25.9. The molecule has 1 N–H and O–H groups in total. The first-order chi connectivity index (χ1) is 18.1. The van der Waals surface area contributed by atoms with Gasteiger partial charge in [0.1, 0.15) is 23.0 Å². The molecule has 1 heterocycles. The van der Waals surface area contributed by atoms with Crippen LogP contribution in [0.5, 0.6) is 23.0 Å². The van der Waals surface area contributed by atoms with Crippen LogP contribution in [0.1, 0.15) is 6.92 Å². The molecular weight excluding hydrogens is 492 g/mol. The van der Waals surface area contributed by atoms with Crippen LogP contribution in [-0.4, -0.2) is 54.4 Å². The topological polar surface area (TPSA) is 96.7 Å². The van der Waals surface area contributed by atoms with Crippen molar-refractivity contribution in [3.8, 4) is 40.1 Å². The molecule has 0 bridgehead atoms. The fraction of sp³-hybridized carbons (Fsp3) is 0.222. The highest BCUT2D eigenvalue weighted by molar-refractivity contribution is 7.99. The van der Waals surface area contributed by atoms with Crippen molar-refractivity contribution in [3.63, 3.8) is 0 Å². The van der Waals surface area contributed by atoms with E-state index in [0.29, 0.717) is 34.8 Å². The second-order valence-electron chi connectivity index (χ2n) is 7.70. The van der Waals surface area contributed by atoms with Gasteiger partial charge in [0.2, 0.25) is 5.91 Å². The number of nitrogens with one attached hydrogen (secondary N) is 1. The lowest BCUT2D eigenvalue weighted by atomic mass is 10.2. The number of aromatic nitrogens is 3. The number of thioether (sulfide) groups is 1. The van der Waals surface area contributed by atoms with Crippen molar-refractivity contribution in [2.75, 3.05) is 39.0 Å². The van der Waals surface area contributed by atoms with E-state index >= 15 is 0 Å². The summed E-state index contributed by atoms with van der Waals surface area (Å²) in [7, 11) is 4.74. The summed E-state index contributed by atoms with van der Waals surface area (Å²) < 4.78 is 23.4. The molecule has 0 aliphatic carbocycles. The van der Waals surface area contributed by atoms with Gasteiger partial charge < -0.3 is 24.3 Å². The minimum Gasteiger partial charge on any atom is -0.497 e. The second kappa shape index (κ2) is 12.2. The molecule has 192 valence electrons. The number of hydrogen-bond acceptors (Lipinski definition) is 8. The number of hydrogen-bond donors (Lipinski definition) is 1. The first-order valence-corrected chi connectivity index (χ1v) is 12.5.